The van der Waals surface area contributed by atoms with Gasteiger partial charge in [0.25, 0.3) is 0 Å². The molecule has 1 atom stereocenters. The summed E-state index contributed by atoms with van der Waals surface area (Å²) < 4.78 is 10.9. The van der Waals surface area contributed by atoms with Gasteiger partial charge in [-0.3, -0.25) is 14.7 Å². The monoisotopic (exact) mass is 559 g/mol. The van der Waals surface area contributed by atoms with E-state index in [-0.39, 0.29) is 35.9 Å². The van der Waals surface area contributed by atoms with Gasteiger partial charge in [0.05, 0.1) is 19.8 Å². The Kier molecular flexibility index (Phi) is 11.4. The molecule has 1 aromatic carbocycles. The minimum Gasteiger partial charge on any atom is -0.497 e. The van der Waals surface area contributed by atoms with Crippen LogP contribution in [0.5, 0.6) is 11.5 Å². The number of benzene rings is 1. The standard InChI is InChI=1S/C23H37N5O3.HI/c1-19(22(29)27-12-4-5-13-27)26-14-16-28(17-15-26)23(24-2)25-11-6-18-31-21-9-7-20(30-3)8-10-21;/h7-10,19H,4-6,11-18H2,1-3H3,(H,24,25);1H. The molecule has 0 spiro atoms. The number of halogens is 1. The molecule has 1 N–H and O–H groups in total. The van der Waals surface area contributed by atoms with Gasteiger partial charge < -0.3 is 24.6 Å². The van der Waals surface area contributed by atoms with Crippen molar-refractivity contribution in [2.24, 2.45) is 4.99 Å². The van der Waals surface area contributed by atoms with Crippen LogP contribution in [0.4, 0.5) is 0 Å². The molecule has 180 valence electrons. The summed E-state index contributed by atoms with van der Waals surface area (Å²) >= 11 is 0. The lowest BCUT2D eigenvalue weighted by atomic mass is 10.2. The molecule has 0 aromatic heterocycles. The Balaban J connectivity index is 0.00000363. The van der Waals surface area contributed by atoms with Gasteiger partial charge in [0.15, 0.2) is 5.96 Å². The summed E-state index contributed by atoms with van der Waals surface area (Å²) in [5.74, 6) is 2.87. The average molecular weight is 559 g/mol. The van der Waals surface area contributed by atoms with E-state index in [0.717, 1.165) is 82.5 Å². The molecule has 9 heteroatoms. The van der Waals surface area contributed by atoms with Crippen molar-refractivity contribution >= 4 is 35.8 Å². The molecule has 2 heterocycles. The van der Waals surface area contributed by atoms with Crippen LogP contribution in [0.1, 0.15) is 26.2 Å². The van der Waals surface area contributed by atoms with Crippen LogP contribution in [0.2, 0.25) is 0 Å². The number of likely N-dealkylation sites (tertiary alicyclic amines) is 1. The van der Waals surface area contributed by atoms with Gasteiger partial charge in [-0.2, -0.15) is 0 Å². The smallest absolute Gasteiger partial charge is 0.239 e. The van der Waals surface area contributed by atoms with Crippen molar-refractivity contribution in [2.45, 2.75) is 32.2 Å². The summed E-state index contributed by atoms with van der Waals surface area (Å²) in [6, 6.07) is 7.59. The number of rotatable bonds is 8. The third kappa shape index (κ3) is 7.40. The highest BCUT2D eigenvalue weighted by Gasteiger charge is 2.30. The molecule has 2 aliphatic rings. The molecule has 1 amide bonds. The number of nitrogens with zero attached hydrogens (tertiary/aromatic N) is 4. The van der Waals surface area contributed by atoms with Crippen molar-refractivity contribution in [3.8, 4) is 11.5 Å². The Bertz CT molecular complexity index is 717. The van der Waals surface area contributed by atoms with E-state index in [1.807, 2.05) is 43.1 Å². The van der Waals surface area contributed by atoms with Gasteiger partial charge in [-0.25, -0.2) is 0 Å². The fraction of sp³-hybridized carbons (Fsp3) is 0.652. The second-order valence-corrected chi connectivity index (χ2v) is 8.08. The lowest BCUT2D eigenvalue weighted by Crippen LogP contribution is -2.57. The summed E-state index contributed by atoms with van der Waals surface area (Å²) in [6.45, 7) is 8.83. The fourth-order valence-corrected chi connectivity index (χ4v) is 4.15. The first kappa shape index (κ1) is 26.5. The van der Waals surface area contributed by atoms with E-state index < -0.39 is 0 Å². The summed E-state index contributed by atoms with van der Waals surface area (Å²) in [5.41, 5.74) is 0. The van der Waals surface area contributed by atoms with E-state index in [1.54, 1.807) is 7.11 Å². The van der Waals surface area contributed by atoms with Crippen LogP contribution in [0, 0.1) is 0 Å². The van der Waals surface area contributed by atoms with Crippen molar-refractivity contribution < 1.29 is 14.3 Å². The molecular formula is C23H38IN5O3. The molecule has 32 heavy (non-hydrogen) atoms. The maximum atomic E-state index is 12.7. The summed E-state index contributed by atoms with van der Waals surface area (Å²) in [5, 5.41) is 3.44. The Hall–Kier alpha value is -1.75. The molecule has 0 radical (unpaired) electrons. The first-order valence-corrected chi connectivity index (χ1v) is 11.4. The predicted molar refractivity (Wildman–Crippen MR) is 138 cm³/mol. The van der Waals surface area contributed by atoms with E-state index in [4.69, 9.17) is 9.47 Å². The number of nitrogens with one attached hydrogen (secondary N) is 1. The van der Waals surface area contributed by atoms with Gasteiger partial charge in [-0.1, -0.05) is 0 Å². The van der Waals surface area contributed by atoms with Crippen LogP contribution in [-0.2, 0) is 4.79 Å². The second-order valence-electron chi connectivity index (χ2n) is 8.08. The predicted octanol–water partition coefficient (Wildman–Crippen LogP) is 2.29. The van der Waals surface area contributed by atoms with Gasteiger partial charge in [-0.05, 0) is 50.5 Å². The fourth-order valence-electron chi connectivity index (χ4n) is 4.15. The number of ether oxygens (including phenoxy) is 2. The number of amides is 1. The molecule has 0 bridgehead atoms. The van der Waals surface area contributed by atoms with Gasteiger partial charge in [0.2, 0.25) is 5.91 Å². The van der Waals surface area contributed by atoms with Gasteiger partial charge in [-0.15, -0.1) is 24.0 Å². The lowest BCUT2D eigenvalue weighted by molar-refractivity contribution is -0.135. The molecule has 8 nitrogen and oxygen atoms in total. The Morgan fingerprint density at radius 2 is 1.66 bits per heavy atom. The van der Waals surface area contributed by atoms with Crippen molar-refractivity contribution in [3.05, 3.63) is 24.3 Å². The van der Waals surface area contributed by atoms with Crippen molar-refractivity contribution in [2.75, 3.05) is 66.6 Å². The molecule has 2 aliphatic heterocycles. The van der Waals surface area contributed by atoms with E-state index >= 15 is 0 Å². The van der Waals surface area contributed by atoms with Crippen LogP contribution < -0.4 is 14.8 Å². The van der Waals surface area contributed by atoms with E-state index in [0.29, 0.717) is 6.61 Å². The van der Waals surface area contributed by atoms with Crippen molar-refractivity contribution in [3.63, 3.8) is 0 Å². The minimum atomic E-state index is -0.0367. The third-order valence-electron chi connectivity index (χ3n) is 6.08. The SMILES string of the molecule is CN=C(NCCCOc1ccc(OC)cc1)N1CCN(C(C)C(=O)N2CCCC2)CC1.I. The first-order valence-electron chi connectivity index (χ1n) is 11.4. The molecule has 2 saturated heterocycles. The Labute approximate surface area is 209 Å². The zero-order chi connectivity index (χ0) is 22.1. The van der Waals surface area contributed by atoms with Crippen LogP contribution in [-0.4, -0.2) is 99.2 Å². The van der Waals surface area contributed by atoms with Gasteiger partial charge in [0, 0.05) is 52.9 Å². The molecule has 2 fully saturated rings. The topological polar surface area (TPSA) is 69.6 Å². The number of guanidine groups is 1. The summed E-state index contributed by atoms with van der Waals surface area (Å²) in [6.07, 6.45) is 3.16. The van der Waals surface area contributed by atoms with Crippen LogP contribution >= 0.6 is 24.0 Å². The summed E-state index contributed by atoms with van der Waals surface area (Å²) in [4.78, 5) is 23.7. The Morgan fingerprint density at radius 1 is 1.03 bits per heavy atom. The number of aliphatic imine (C=N–C) groups is 1. The van der Waals surface area contributed by atoms with Crippen LogP contribution in [0.15, 0.2) is 29.3 Å². The number of carbonyl (C=O) groups excluding carboxylic acids is 1. The van der Waals surface area contributed by atoms with E-state index in [9.17, 15) is 4.79 Å². The second kappa shape index (κ2) is 13.7. The van der Waals surface area contributed by atoms with E-state index in [2.05, 4.69) is 20.1 Å². The number of hydrogen-bond donors (Lipinski definition) is 1. The molecular weight excluding hydrogens is 521 g/mol. The zero-order valence-corrected chi connectivity index (χ0v) is 21.9. The van der Waals surface area contributed by atoms with Crippen LogP contribution in [0.3, 0.4) is 0 Å². The highest BCUT2D eigenvalue weighted by Crippen LogP contribution is 2.17. The van der Waals surface area contributed by atoms with Gasteiger partial charge in [0.1, 0.15) is 11.5 Å². The Morgan fingerprint density at radius 3 is 2.25 bits per heavy atom. The first-order chi connectivity index (χ1) is 15.1. The maximum absolute atomic E-state index is 12.7. The number of carbonyl (C=O) groups is 1. The molecule has 1 aromatic rings. The van der Waals surface area contributed by atoms with Crippen LogP contribution in [0.25, 0.3) is 0 Å². The highest BCUT2D eigenvalue weighted by molar-refractivity contribution is 14.0. The maximum Gasteiger partial charge on any atom is 0.239 e. The number of methoxy groups -OCH3 is 1. The quantitative estimate of drug-likeness (QED) is 0.228. The lowest BCUT2D eigenvalue weighted by Gasteiger charge is -2.39. The molecule has 0 aliphatic carbocycles. The van der Waals surface area contributed by atoms with E-state index in [1.165, 1.54) is 0 Å². The highest BCUT2D eigenvalue weighted by atomic mass is 127. The average Bonchev–Trinajstić information content (AvgIpc) is 3.36. The largest absolute Gasteiger partial charge is 0.497 e. The molecule has 0 saturated carbocycles. The minimum absolute atomic E-state index is 0. The van der Waals surface area contributed by atoms with Crippen molar-refractivity contribution in [1.82, 2.24) is 20.0 Å². The summed E-state index contributed by atoms with van der Waals surface area (Å²) in [7, 11) is 3.48. The third-order valence-corrected chi connectivity index (χ3v) is 6.08. The molecule has 1 unspecified atom stereocenters. The zero-order valence-electron chi connectivity index (χ0n) is 19.6. The molecule has 3 rings (SSSR count). The normalized spacial score (nSPS) is 18.2. The number of hydrogen-bond acceptors (Lipinski definition) is 5. The van der Waals surface area contributed by atoms with Gasteiger partial charge >= 0.3 is 0 Å². The number of piperazine rings is 1. The van der Waals surface area contributed by atoms with Crippen molar-refractivity contribution in [1.29, 1.82) is 0 Å².